The zero-order valence-corrected chi connectivity index (χ0v) is 14.5. The molecule has 0 aliphatic heterocycles. The summed E-state index contributed by atoms with van der Waals surface area (Å²) < 4.78 is 5.57. The van der Waals surface area contributed by atoms with Crippen molar-refractivity contribution in [3.8, 4) is 5.75 Å². The Kier molecular flexibility index (Phi) is 6.25. The fourth-order valence-corrected chi connectivity index (χ4v) is 2.42. The van der Waals surface area contributed by atoms with Gasteiger partial charge in [-0.1, -0.05) is 42.3 Å². The van der Waals surface area contributed by atoms with Crippen LogP contribution >= 0.6 is 23.2 Å². The van der Waals surface area contributed by atoms with Gasteiger partial charge in [0.25, 0.3) is 5.91 Å². The molecule has 0 saturated heterocycles. The van der Waals surface area contributed by atoms with Crippen LogP contribution in [0, 0.1) is 0 Å². The first-order valence-electron chi connectivity index (χ1n) is 7.35. The van der Waals surface area contributed by atoms with Crippen LogP contribution < -0.4 is 10.1 Å². The third kappa shape index (κ3) is 4.60. The Bertz CT molecular complexity index is 675. The number of carbonyl (C=O) groups excluding carboxylic acids is 1. The fraction of sp³-hybridized carbons (Fsp3) is 0.294. The largest absolute Gasteiger partial charge is 0.491 e. The Morgan fingerprint density at radius 2 is 1.96 bits per heavy atom. The van der Waals surface area contributed by atoms with E-state index in [9.17, 15) is 4.79 Å². The smallest absolute Gasteiger partial charge is 0.257 e. The molecule has 0 aliphatic carbocycles. The van der Waals surface area contributed by atoms with Crippen LogP contribution in [0.1, 0.15) is 42.2 Å². The lowest BCUT2D eigenvalue weighted by atomic mass is 10.1. The number of ether oxygens (including phenoxy) is 1. The highest BCUT2D eigenvalue weighted by molar-refractivity contribution is 6.34. The molecule has 2 aromatic rings. The number of amides is 1. The predicted octanol–water partition coefficient (Wildman–Crippen LogP) is 4.67. The van der Waals surface area contributed by atoms with E-state index in [0.717, 1.165) is 12.0 Å². The Hall–Kier alpha value is -1.78. The van der Waals surface area contributed by atoms with Crippen molar-refractivity contribution in [3.05, 3.63) is 57.8 Å². The van der Waals surface area contributed by atoms with Crippen molar-refractivity contribution in [2.24, 2.45) is 0 Å². The molecule has 1 N–H and O–H groups in total. The van der Waals surface area contributed by atoms with Crippen LogP contribution in [0.2, 0.25) is 10.0 Å². The molecule has 0 saturated carbocycles. The second-order valence-electron chi connectivity index (χ2n) is 5.09. The van der Waals surface area contributed by atoms with Crippen LogP contribution in [0.5, 0.6) is 5.75 Å². The monoisotopic (exact) mass is 352 g/mol. The van der Waals surface area contributed by atoms with E-state index in [-0.39, 0.29) is 17.0 Å². The highest BCUT2D eigenvalue weighted by Gasteiger charge is 2.19. The SMILES string of the molecule is CCCOc1cncc(Cl)c1C(=O)N[C@@H](C)c1ccc(Cl)cc1. The molecule has 0 bridgehead atoms. The van der Waals surface area contributed by atoms with E-state index in [1.54, 1.807) is 12.1 Å². The highest BCUT2D eigenvalue weighted by atomic mass is 35.5. The molecule has 1 amide bonds. The van der Waals surface area contributed by atoms with Crippen LogP contribution in [0.4, 0.5) is 0 Å². The topological polar surface area (TPSA) is 51.2 Å². The van der Waals surface area contributed by atoms with E-state index in [4.69, 9.17) is 27.9 Å². The van der Waals surface area contributed by atoms with Gasteiger partial charge in [-0.2, -0.15) is 0 Å². The molecule has 1 heterocycles. The van der Waals surface area contributed by atoms with E-state index in [1.807, 2.05) is 26.0 Å². The molecule has 23 heavy (non-hydrogen) atoms. The first-order chi connectivity index (χ1) is 11.0. The Morgan fingerprint density at radius 1 is 1.26 bits per heavy atom. The Morgan fingerprint density at radius 3 is 2.61 bits per heavy atom. The lowest BCUT2D eigenvalue weighted by molar-refractivity contribution is 0.0935. The van der Waals surface area contributed by atoms with Crippen molar-refractivity contribution in [2.45, 2.75) is 26.3 Å². The summed E-state index contributed by atoms with van der Waals surface area (Å²) in [5.41, 5.74) is 1.25. The molecular weight excluding hydrogens is 335 g/mol. The first-order valence-corrected chi connectivity index (χ1v) is 8.11. The molecule has 1 aromatic heterocycles. The molecule has 122 valence electrons. The molecule has 0 aliphatic rings. The van der Waals surface area contributed by atoms with Gasteiger partial charge in [0.2, 0.25) is 0 Å². The normalized spacial score (nSPS) is 11.8. The fourth-order valence-electron chi connectivity index (χ4n) is 2.06. The molecule has 0 spiro atoms. The number of nitrogens with one attached hydrogen (secondary N) is 1. The molecule has 2 rings (SSSR count). The minimum absolute atomic E-state index is 0.192. The summed E-state index contributed by atoms with van der Waals surface area (Å²) >= 11 is 12.0. The molecule has 1 aromatic carbocycles. The molecule has 6 heteroatoms. The van der Waals surface area contributed by atoms with Gasteiger partial charge in [-0.05, 0) is 31.0 Å². The number of halogens is 2. The Labute approximate surface area is 145 Å². The number of pyridine rings is 1. The van der Waals surface area contributed by atoms with Gasteiger partial charge < -0.3 is 10.1 Å². The minimum Gasteiger partial charge on any atom is -0.491 e. The van der Waals surface area contributed by atoms with Crippen LogP contribution in [0.3, 0.4) is 0 Å². The van der Waals surface area contributed by atoms with Crippen molar-refractivity contribution in [2.75, 3.05) is 6.61 Å². The zero-order valence-electron chi connectivity index (χ0n) is 13.0. The summed E-state index contributed by atoms with van der Waals surface area (Å²) in [5.74, 6) is 0.0890. The van der Waals surface area contributed by atoms with Crippen LogP contribution in [-0.2, 0) is 0 Å². The summed E-state index contributed by atoms with van der Waals surface area (Å²) in [6.07, 6.45) is 3.76. The van der Waals surface area contributed by atoms with Gasteiger partial charge in [0, 0.05) is 11.2 Å². The number of aromatic nitrogens is 1. The van der Waals surface area contributed by atoms with E-state index in [2.05, 4.69) is 10.3 Å². The van der Waals surface area contributed by atoms with Crippen molar-refractivity contribution >= 4 is 29.1 Å². The lowest BCUT2D eigenvalue weighted by Gasteiger charge is -2.17. The van der Waals surface area contributed by atoms with Gasteiger partial charge in [-0.15, -0.1) is 0 Å². The van der Waals surface area contributed by atoms with E-state index in [0.29, 0.717) is 22.9 Å². The maximum Gasteiger partial charge on any atom is 0.257 e. The average Bonchev–Trinajstić information content (AvgIpc) is 2.53. The van der Waals surface area contributed by atoms with E-state index in [1.165, 1.54) is 12.4 Å². The summed E-state index contributed by atoms with van der Waals surface area (Å²) in [6, 6.07) is 7.12. The minimum atomic E-state index is -0.300. The van der Waals surface area contributed by atoms with Crippen molar-refractivity contribution in [3.63, 3.8) is 0 Å². The summed E-state index contributed by atoms with van der Waals surface area (Å²) in [7, 11) is 0. The first kappa shape index (κ1) is 17.6. The molecular formula is C17H18Cl2N2O2. The van der Waals surface area contributed by atoms with Gasteiger partial charge in [0.15, 0.2) is 5.75 Å². The quantitative estimate of drug-likeness (QED) is 0.821. The molecule has 0 unspecified atom stereocenters. The van der Waals surface area contributed by atoms with Crippen molar-refractivity contribution < 1.29 is 9.53 Å². The summed E-state index contributed by atoms with van der Waals surface area (Å²) in [4.78, 5) is 16.5. The highest BCUT2D eigenvalue weighted by Crippen LogP contribution is 2.26. The number of rotatable bonds is 6. The van der Waals surface area contributed by atoms with Gasteiger partial charge >= 0.3 is 0 Å². The second kappa shape index (κ2) is 8.18. The maximum atomic E-state index is 12.6. The lowest BCUT2D eigenvalue weighted by Crippen LogP contribution is -2.27. The third-order valence-corrected chi connectivity index (χ3v) is 3.81. The standard InChI is InChI=1S/C17H18Cl2N2O2/c1-3-8-23-15-10-20-9-14(19)16(15)17(22)21-11(2)12-4-6-13(18)7-5-12/h4-7,9-11H,3,8H2,1-2H3,(H,21,22)/t11-/m0/s1. The van der Waals surface area contributed by atoms with Crippen molar-refractivity contribution in [1.29, 1.82) is 0 Å². The third-order valence-electron chi connectivity index (χ3n) is 3.27. The van der Waals surface area contributed by atoms with Gasteiger partial charge in [0.05, 0.1) is 23.9 Å². The number of carbonyl (C=O) groups is 1. The van der Waals surface area contributed by atoms with Crippen molar-refractivity contribution in [1.82, 2.24) is 10.3 Å². The van der Waals surface area contributed by atoms with E-state index >= 15 is 0 Å². The number of nitrogens with zero attached hydrogens (tertiary/aromatic N) is 1. The van der Waals surface area contributed by atoms with Gasteiger partial charge in [0.1, 0.15) is 5.56 Å². The number of benzene rings is 1. The average molecular weight is 353 g/mol. The van der Waals surface area contributed by atoms with Crippen LogP contribution in [-0.4, -0.2) is 17.5 Å². The van der Waals surface area contributed by atoms with Gasteiger partial charge in [-0.25, -0.2) is 0 Å². The summed E-state index contributed by atoms with van der Waals surface area (Å²) in [6.45, 7) is 4.37. The van der Waals surface area contributed by atoms with Crippen LogP contribution in [0.25, 0.3) is 0 Å². The number of hydrogen-bond donors (Lipinski definition) is 1. The molecule has 0 fully saturated rings. The summed E-state index contributed by atoms with van der Waals surface area (Å²) in [5, 5.41) is 3.83. The molecule has 1 atom stereocenters. The zero-order chi connectivity index (χ0) is 16.8. The van der Waals surface area contributed by atoms with Crippen LogP contribution in [0.15, 0.2) is 36.7 Å². The Balaban J connectivity index is 2.18. The van der Waals surface area contributed by atoms with E-state index < -0.39 is 0 Å². The van der Waals surface area contributed by atoms with Gasteiger partial charge in [-0.3, -0.25) is 9.78 Å². The maximum absolute atomic E-state index is 12.6. The second-order valence-corrected chi connectivity index (χ2v) is 5.93. The predicted molar refractivity (Wildman–Crippen MR) is 92.4 cm³/mol. The molecule has 0 radical (unpaired) electrons. The molecule has 4 nitrogen and oxygen atoms in total. The number of hydrogen-bond acceptors (Lipinski definition) is 3.